The molecule has 0 saturated carbocycles. The van der Waals surface area contributed by atoms with Gasteiger partial charge in [-0.1, -0.05) is 0 Å². The molecule has 0 aliphatic carbocycles. The molecule has 1 fully saturated rings. The topological polar surface area (TPSA) is 131 Å². The number of carboxylic acids is 1. The van der Waals surface area contributed by atoms with Crippen LogP contribution in [0.3, 0.4) is 0 Å². The lowest BCUT2D eigenvalue weighted by molar-refractivity contribution is -0.138. The first kappa shape index (κ1) is 25.4. The first-order valence-corrected chi connectivity index (χ1v) is 12.2. The van der Waals surface area contributed by atoms with Crippen molar-refractivity contribution in [3.63, 3.8) is 0 Å². The Labute approximate surface area is 216 Å². The van der Waals surface area contributed by atoms with Crippen LogP contribution < -0.4 is 10.3 Å². The molecule has 10 nitrogen and oxygen atoms in total. The molecule has 0 amide bonds. The minimum Gasteiger partial charge on any atom is -0.477 e. The molecular formula is C24H19F3N6O4S. The van der Waals surface area contributed by atoms with E-state index in [1.807, 2.05) is 4.90 Å². The van der Waals surface area contributed by atoms with Crippen LogP contribution in [-0.2, 0) is 17.4 Å². The van der Waals surface area contributed by atoms with Crippen LogP contribution in [0.1, 0.15) is 33.6 Å². The first-order chi connectivity index (χ1) is 18.0. The van der Waals surface area contributed by atoms with Crippen LogP contribution in [0, 0.1) is 12.8 Å². The molecule has 1 saturated heterocycles. The SMILES string of the molecule is Cc1cc(N2CC(C(=O)CCc3ncccc3C(F)(F)F)C2)nc2c1c(=O)c(C(=O)O)cn2-c1ncns1. The van der Waals surface area contributed by atoms with E-state index < -0.39 is 28.7 Å². The summed E-state index contributed by atoms with van der Waals surface area (Å²) in [5.41, 5.74) is -1.40. The van der Waals surface area contributed by atoms with Gasteiger partial charge in [-0.05, 0) is 37.1 Å². The summed E-state index contributed by atoms with van der Waals surface area (Å²) in [5, 5.41) is 9.97. The van der Waals surface area contributed by atoms with Crippen LogP contribution in [-0.4, -0.2) is 53.8 Å². The fourth-order valence-electron chi connectivity index (χ4n) is 4.42. The quantitative estimate of drug-likeness (QED) is 0.372. The van der Waals surface area contributed by atoms with E-state index in [1.54, 1.807) is 13.0 Å². The zero-order valence-corrected chi connectivity index (χ0v) is 20.6. The number of carbonyl (C=O) groups is 2. The smallest absolute Gasteiger partial charge is 0.418 e. The lowest BCUT2D eigenvalue weighted by Gasteiger charge is -2.39. The van der Waals surface area contributed by atoms with Crippen LogP contribution in [0.25, 0.3) is 16.2 Å². The minimum absolute atomic E-state index is 0.0721. The Morgan fingerprint density at radius 1 is 1.24 bits per heavy atom. The fraction of sp³-hybridized carbons (Fsp3) is 0.292. The van der Waals surface area contributed by atoms with Crippen molar-refractivity contribution in [2.75, 3.05) is 18.0 Å². The molecule has 14 heteroatoms. The summed E-state index contributed by atoms with van der Waals surface area (Å²) >= 11 is 1.00. The summed E-state index contributed by atoms with van der Waals surface area (Å²) in [5.74, 6) is -1.46. The van der Waals surface area contributed by atoms with E-state index in [0.29, 0.717) is 29.6 Å². The predicted molar refractivity (Wildman–Crippen MR) is 131 cm³/mol. The van der Waals surface area contributed by atoms with Crippen molar-refractivity contribution in [3.05, 3.63) is 69.5 Å². The highest BCUT2D eigenvalue weighted by atomic mass is 32.1. The summed E-state index contributed by atoms with van der Waals surface area (Å²) in [4.78, 5) is 51.6. The van der Waals surface area contributed by atoms with Crippen LogP contribution in [0.2, 0.25) is 0 Å². The van der Waals surface area contributed by atoms with E-state index in [2.05, 4.69) is 19.3 Å². The monoisotopic (exact) mass is 544 g/mol. The number of hydrogen-bond donors (Lipinski definition) is 1. The Balaban J connectivity index is 1.37. The number of pyridine rings is 3. The molecule has 4 aromatic rings. The third-order valence-electron chi connectivity index (χ3n) is 6.39. The highest BCUT2D eigenvalue weighted by Crippen LogP contribution is 2.32. The van der Waals surface area contributed by atoms with Gasteiger partial charge < -0.3 is 10.0 Å². The number of ketones is 1. The van der Waals surface area contributed by atoms with Crippen LogP contribution in [0.4, 0.5) is 19.0 Å². The van der Waals surface area contributed by atoms with Gasteiger partial charge in [0.05, 0.1) is 22.6 Å². The lowest BCUT2D eigenvalue weighted by Crippen LogP contribution is -2.51. The molecule has 38 heavy (non-hydrogen) atoms. The third-order valence-corrected chi connectivity index (χ3v) is 7.06. The number of alkyl halides is 3. The predicted octanol–water partition coefficient (Wildman–Crippen LogP) is 3.30. The van der Waals surface area contributed by atoms with Crippen LogP contribution in [0.15, 0.2) is 41.7 Å². The van der Waals surface area contributed by atoms with E-state index in [-0.39, 0.29) is 41.3 Å². The summed E-state index contributed by atoms with van der Waals surface area (Å²) < 4.78 is 44.9. The number of anilines is 1. The molecule has 5 heterocycles. The van der Waals surface area contributed by atoms with Gasteiger partial charge in [-0.2, -0.15) is 17.5 Å². The number of halogens is 3. The van der Waals surface area contributed by atoms with Crippen LogP contribution >= 0.6 is 11.5 Å². The van der Waals surface area contributed by atoms with Gasteiger partial charge in [0.1, 0.15) is 23.5 Å². The molecule has 1 aliphatic heterocycles. The Morgan fingerprint density at radius 3 is 2.66 bits per heavy atom. The highest BCUT2D eigenvalue weighted by molar-refractivity contribution is 7.08. The van der Waals surface area contributed by atoms with E-state index in [0.717, 1.165) is 17.6 Å². The van der Waals surface area contributed by atoms with Gasteiger partial charge in [-0.15, -0.1) is 0 Å². The number of aromatic nitrogens is 5. The van der Waals surface area contributed by atoms with Gasteiger partial charge in [0.25, 0.3) is 0 Å². The van der Waals surface area contributed by atoms with Crippen molar-refractivity contribution < 1.29 is 27.9 Å². The second-order valence-corrected chi connectivity index (χ2v) is 9.59. The molecule has 0 unspecified atom stereocenters. The van der Waals surface area contributed by atoms with Crippen molar-refractivity contribution in [3.8, 4) is 5.13 Å². The Hall–Kier alpha value is -4.20. The molecule has 0 spiro atoms. The molecule has 5 rings (SSSR count). The van der Waals surface area contributed by atoms with E-state index in [1.165, 1.54) is 29.4 Å². The van der Waals surface area contributed by atoms with Gasteiger partial charge >= 0.3 is 12.1 Å². The van der Waals surface area contributed by atoms with Gasteiger partial charge in [0.2, 0.25) is 10.6 Å². The van der Waals surface area contributed by atoms with E-state index in [9.17, 15) is 32.7 Å². The molecule has 1 N–H and O–H groups in total. The lowest BCUT2D eigenvalue weighted by atomic mass is 9.91. The fourth-order valence-corrected chi connectivity index (χ4v) is 4.93. The number of carboxylic acid groups (broad SMARTS) is 1. The standard InChI is InChI=1S/C24H19F3N6O4S/c1-12-7-18(31-21-19(12)20(35)14(22(36)37)10-33(21)23-29-11-30-38-23)32-8-13(9-32)17(34)5-4-16-15(24(25,26)27)3-2-6-28-16/h2-3,6-7,10-11,13H,4-5,8-9H2,1H3,(H,36,37). The molecular weight excluding hydrogens is 525 g/mol. The number of carbonyl (C=O) groups excluding carboxylic acids is 1. The molecule has 0 aromatic carbocycles. The molecule has 1 aliphatic rings. The average Bonchev–Trinajstić information content (AvgIpc) is 3.36. The first-order valence-electron chi connectivity index (χ1n) is 11.4. The normalized spacial score (nSPS) is 14.1. The largest absolute Gasteiger partial charge is 0.477 e. The van der Waals surface area contributed by atoms with E-state index >= 15 is 0 Å². The minimum atomic E-state index is -4.54. The number of fused-ring (bicyclic) bond motifs is 1. The van der Waals surface area contributed by atoms with Gasteiger partial charge in [0.15, 0.2) is 5.65 Å². The summed E-state index contributed by atoms with van der Waals surface area (Å²) in [6.45, 7) is 2.28. The number of rotatable bonds is 7. The highest BCUT2D eigenvalue weighted by Gasteiger charge is 2.36. The molecule has 0 atom stereocenters. The maximum absolute atomic E-state index is 13.2. The number of nitrogens with zero attached hydrogens (tertiary/aromatic N) is 6. The number of aromatic carboxylic acids is 1. The maximum atomic E-state index is 13.2. The van der Waals surface area contributed by atoms with E-state index in [4.69, 9.17) is 0 Å². The zero-order valence-electron chi connectivity index (χ0n) is 19.8. The van der Waals surface area contributed by atoms with Crippen molar-refractivity contribution in [1.82, 2.24) is 23.9 Å². The average molecular weight is 545 g/mol. The number of Topliss-reactive ketones (excluding diaryl/α,β-unsaturated/α-hetero) is 1. The Bertz CT molecular complexity index is 1610. The van der Waals surface area contributed by atoms with Crippen LogP contribution in [0.5, 0.6) is 0 Å². The van der Waals surface area contributed by atoms with Crippen molar-refractivity contribution in [2.45, 2.75) is 25.9 Å². The second-order valence-electron chi connectivity index (χ2n) is 8.83. The maximum Gasteiger partial charge on any atom is 0.418 e. The van der Waals surface area contributed by atoms with Crippen molar-refractivity contribution in [2.24, 2.45) is 5.92 Å². The molecule has 196 valence electrons. The summed E-state index contributed by atoms with van der Waals surface area (Å²) in [7, 11) is 0. The van der Waals surface area contributed by atoms with Gasteiger partial charge in [0, 0.05) is 43.4 Å². The Morgan fingerprint density at radius 2 is 2.00 bits per heavy atom. The summed E-state index contributed by atoms with van der Waals surface area (Å²) in [6.07, 6.45) is -0.987. The number of hydrogen-bond acceptors (Lipinski definition) is 9. The van der Waals surface area contributed by atoms with Gasteiger partial charge in [-0.3, -0.25) is 19.1 Å². The van der Waals surface area contributed by atoms with Crippen molar-refractivity contribution >= 4 is 40.1 Å². The third kappa shape index (κ3) is 4.62. The number of aryl methyl sites for hydroxylation is 2. The van der Waals surface area contributed by atoms with Crippen molar-refractivity contribution in [1.29, 1.82) is 0 Å². The molecule has 0 radical (unpaired) electrons. The Kier molecular flexibility index (Phi) is 6.42. The molecule has 4 aromatic heterocycles. The second kappa shape index (κ2) is 9.59. The zero-order chi connectivity index (χ0) is 27.2. The molecule has 0 bridgehead atoms. The summed E-state index contributed by atoms with van der Waals surface area (Å²) in [6, 6.07) is 3.81. The van der Waals surface area contributed by atoms with Gasteiger partial charge in [-0.25, -0.2) is 14.8 Å².